The number of nitrogens with one attached hydrogen (secondary N) is 1. The topological polar surface area (TPSA) is 38.3 Å². The third-order valence-corrected chi connectivity index (χ3v) is 4.88. The van der Waals surface area contributed by atoms with Gasteiger partial charge in [0.15, 0.2) is 6.10 Å². The van der Waals surface area contributed by atoms with Gasteiger partial charge >= 0.3 is 0 Å². The summed E-state index contributed by atoms with van der Waals surface area (Å²) in [5.41, 5.74) is 4.17. The number of allylic oxidation sites excluding steroid dienone is 1. The first-order valence-electron chi connectivity index (χ1n) is 8.96. The third kappa shape index (κ3) is 4.37. The fourth-order valence-corrected chi connectivity index (χ4v) is 3.45. The molecule has 0 saturated carbocycles. The molecule has 1 amide bonds. The van der Waals surface area contributed by atoms with Crippen LogP contribution < -0.4 is 10.1 Å². The molecular formula is C20H27NO2. The zero-order valence-electron chi connectivity index (χ0n) is 14.1. The van der Waals surface area contributed by atoms with Crippen LogP contribution in [0.25, 0.3) is 0 Å². The number of ether oxygens (including phenoxy) is 1. The molecule has 124 valence electrons. The van der Waals surface area contributed by atoms with E-state index in [1.165, 1.54) is 48.8 Å². The number of hydrogen-bond acceptors (Lipinski definition) is 2. The second kappa shape index (κ2) is 7.67. The van der Waals surface area contributed by atoms with Crippen molar-refractivity contribution in [1.29, 1.82) is 0 Å². The number of rotatable bonds is 5. The molecule has 3 heteroatoms. The number of carbonyl (C=O) groups is 1. The van der Waals surface area contributed by atoms with Gasteiger partial charge in [0.1, 0.15) is 5.75 Å². The molecule has 1 aromatic rings. The van der Waals surface area contributed by atoms with Crippen LogP contribution in [0, 0.1) is 0 Å². The monoisotopic (exact) mass is 313 g/mol. The molecule has 0 bridgehead atoms. The van der Waals surface area contributed by atoms with Gasteiger partial charge in [0.25, 0.3) is 5.91 Å². The first kappa shape index (κ1) is 16.1. The Morgan fingerprint density at radius 3 is 2.70 bits per heavy atom. The lowest BCUT2D eigenvalue weighted by molar-refractivity contribution is -0.127. The van der Waals surface area contributed by atoms with Crippen LogP contribution in [-0.2, 0) is 17.6 Å². The quantitative estimate of drug-likeness (QED) is 0.836. The van der Waals surface area contributed by atoms with Crippen molar-refractivity contribution in [1.82, 2.24) is 5.32 Å². The molecule has 1 aromatic carbocycles. The van der Waals surface area contributed by atoms with Crippen molar-refractivity contribution in [2.45, 2.75) is 64.4 Å². The number of amides is 1. The fraction of sp³-hybridized carbons (Fsp3) is 0.550. The molecule has 0 heterocycles. The molecule has 3 rings (SSSR count). The van der Waals surface area contributed by atoms with Crippen molar-refractivity contribution in [2.75, 3.05) is 6.54 Å². The molecule has 3 nitrogen and oxygen atoms in total. The van der Waals surface area contributed by atoms with Crippen LogP contribution in [0.3, 0.4) is 0 Å². The Kier molecular flexibility index (Phi) is 5.37. The van der Waals surface area contributed by atoms with Crippen molar-refractivity contribution in [2.24, 2.45) is 0 Å². The van der Waals surface area contributed by atoms with Crippen molar-refractivity contribution >= 4 is 5.91 Å². The lowest BCUT2D eigenvalue weighted by atomic mass is 9.92. The molecular weight excluding hydrogens is 286 g/mol. The van der Waals surface area contributed by atoms with Gasteiger partial charge in [-0.25, -0.2) is 0 Å². The Labute approximate surface area is 139 Å². The van der Waals surface area contributed by atoms with Crippen LogP contribution in [0.1, 0.15) is 56.6 Å². The molecule has 0 fully saturated rings. The summed E-state index contributed by atoms with van der Waals surface area (Å²) in [7, 11) is 0. The maximum absolute atomic E-state index is 12.2. The van der Waals surface area contributed by atoms with E-state index in [2.05, 4.69) is 23.5 Å². The van der Waals surface area contributed by atoms with E-state index in [0.717, 1.165) is 25.0 Å². The highest BCUT2D eigenvalue weighted by atomic mass is 16.5. The van der Waals surface area contributed by atoms with Gasteiger partial charge in [-0.1, -0.05) is 17.7 Å². The van der Waals surface area contributed by atoms with E-state index in [0.29, 0.717) is 6.54 Å². The Balaban J connectivity index is 1.52. The third-order valence-electron chi connectivity index (χ3n) is 4.88. The molecule has 2 aliphatic rings. The molecule has 0 aromatic heterocycles. The largest absolute Gasteiger partial charge is 0.481 e. The van der Waals surface area contributed by atoms with Gasteiger partial charge in [0.2, 0.25) is 0 Å². The zero-order chi connectivity index (χ0) is 16.1. The van der Waals surface area contributed by atoms with Crippen LogP contribution in [0.4, 0.5) is 0 Å². The van der Waals surface area contributed by atoms with Crippen LogP contribution in [0.15, 0.2) is 29.8 Å². The minimum absolute atomic E-state index is 0.0332. The van der Waals surface area contributed by atoms with Crippen molar-refractivity contribution in [3.63, 3.8) is 0 Å². The summed E-state index contributed by atoms with van der Waals surface area (Å²) < 4.78 is 5.85. The first-order chi connectivity index (χ1) is 11.2. The fourth-order valence-electron chi connectivity index (χ4n) is 3.45. The molecule has 1 N–H and O–H groups in total. The van der Waals surface area contributed by atoms with Gasteiger partial charge in [0.05, 0.1) is 0 Å². The lowest BCUT2D eigenvalue weighted by Gasteiger charge is -2.20. The Morgan fingerprint density at radius 1 is 1.13 bits per heavy atom. The summed E-state index contributed by atoms with van der Waals surface area (Å²) in [4.78, 5) is 12.2. The summed E-state index contributed by atoms with van der Waals surface area (Å²) >= 11 is 0. The predicted molar refractivity (Wildman–Crippen MR) is 92.7 cm³/mol. The van der Waals surface area contributed by atoms with Crippen LogP contribution in [-0.4, -0.2) is 18.6 Å². The Morgan fingerprint density at radius 2 is 1.91 bits per heavy atom. The SMILES string of the molecule is C[C@@H](Oc1ccc2c(c1)CCCC2)C(=O)NCC1=CCCCC1. The van der Waals surface area contributed by atoms with E-state index in [1.54, 1.807) is 0 Å². The standard InChI is InChI=1S/C20H27NO2/c1-15(20(22)21-14-16-7-3-2-4-8-16)23-19-12-11-17-9-5-6-10-18(17)13-19/h7,11-13,15H,2-6,8-10,14H2,1H3,(H,21,22)/t15-/m1/s1. The first-order valence-corrected chi connectivity index (χ1v) is 8.96. The summed E-state index contributed by atoms with van der Waals surface area (Å²) in [5.74, 6) is 0.777. The Hall–Kier alpha value is -1.77. The summed E-state index contributed by atoms with van der Waals surface area (Å²) in [6, 6.07) is 6.26. The molecule has 0 spiro atoms. The van der Waals surface area contributed by atoms with Crippen molar-refractivity contribution in [3.05, 3.63) is 41.0 Å². The average Bonchev–Trinajstić information content (AvgIpc) is 2.60. The average molecular weight is 313 g/mol. The summed E-state index contributed by atoms with van der Waals surface area (Å²) in [5, 5.41) is 3.00. The zero-order valence-corrected chi connectivity index (χ0v) is 14.1. The molecule has 0 saturated heterocycles. The molecule has 0 aliphatic heterocycles. The van der Waals surface area contributed by atoms with E-state index in [4.69, 9.17) is 4.74 Å². The molecule has 2 aliphatic carbocycles. The van der Waals surface area contributed by atoms with E-state index in [1.807, 2.05) is 13.0 Å². The minimum Gasteiger partial charge on any atom is -0.481 e. The van der Waals surface area contributed by atoms with E-state index < -0.39 is 6.10 Å². The number of carbonyl (C=O) groups excluding carboxylic acids is 1. The lowest BCUT2D eigenvalue weighted by Crippen LogP contribution is -2.37. The second-order valence-corrected chi connectivity index (χ2v) is 6.72. The van der Waals surface area contributed by atoms with Gasteiger partial charge in [-0.2, -0.15) is 0 Å². The number of aryl methyl sites for hydroxylation is 2. The Bertz CT molecular complexity index is 591. The molecule has 23 heavy (non-hydrogen) atoms. The highest BCUT2D eigenvalue weighted by molar-refractivity contribution is 5.80. The maximum atomic E-state index is 12.2. The van der Waals surface area contributed by atoms with Crippen LogP contribution >= 0.6 is 0 Å². The van der Waals surface area contributed by atoms with Crippen LogP contribution in [0.5, 0.6) is 5.75 Å². The van der Waals surface area contributed by atoms with Crippen molar-refractivity contribution in [3.8, 4) is 5.75 Å². The summed E-state index contributed by atoms with van der Waals surface area (Å²) in [6.45, 7) is 2.49. The molecule has 0 radical (unpaired) electrons. The van der Waals surface area contributed by atoms with Gasteiger partial charge in [0, 0.05) is 6.54 Å². The van der Waals surface area contributed by atoms with E-state index in [-0.39, 0.29) is 5.91 Å². The number of benzene rings is 1. The normalized spacial score (nSPS) is 18.6. The van der Waals surface area contributed by atoms with Crippen LogP contribution in [0.2, 0.25) is 0 Å². The van der Waals surface area contributed by atoms with Crippen molar-refractivity contribution < 1.29 is 9.53 Å². The van der Waals surface area contributed by atoms with Gasteiger partial charge in [-0.15, -0.1) is 0 Å². The highest BCUT2D eigenvalue weighted by Crippen LogP contribution is 2.26. The smallest absolute Gasteiger partial charge is 0.261 e. The number of hydrogen-bond donors (Lipinski definition) is 1. The minimum atomic E-state index is -0.458. The van der Waals surface area contributed by atoms with Gasteiger partial charge in [-0.3, -0.25) is 4.79 Å². The van der Waals surface area contributed by atoms with Gasteiger partial charge in [-0.05, 0) is 81.5 Å². The van der Waals surface area contributed by atoms with E-state index >= 15 is 0 Å². The maximum Gasteiger partial charge on any atom is 0.261 e. The number of fused-ring (bicyclic) bond motifs is 1. The van der Waals surface area contributed by atoms with E-state index in [9.17, 15) is 4.79 Å². The molecule has 0 unspecified atom stereocenters. The predicted octanol–water partition coefficient (Wildman–Crippen LogP) is 3.95. The second-order valence-electron chi connectivity index (χ2n) is 6.72. The molecule has 1 atom stereocenters. The highest BCUT2D eigenvalue weighted by Gasteiger charge is 2.16. The van der Waals surface area contributed by atoms with Gasteiger partial charge < -0.3 is 10.1 Å². The summed E-state index contributed by atoms with van der Waals surface area (Å²) in [6.07, 6.45) is 11.4.